The summed E-state index contributed by atoms with van der Waals surface area (Å²) >= 11 is 0. The van der Waals surface area contributed by atoms with Crippen molar-refractivity contribution < 1.29 is 27.1 Å². The molecule has 0 spiro atoms. The Morgan fingerprint density at radius 1 is 1.14 bits per heavy atom. The molecule has 0 amide bonds. The van der Waals surface area contributed by atoms with Crippen molar-refractivity contribution in [3.8, 4) is 5.75 Å². The van der Waals surface area contributed by atoms with Crippen LogP contribution < -0.4 is 4.74 Å². The van der Waals surface area contributed by atoms with Crippen LogP contribution in [0, 0.1) is 5.92 Å². The second-order valence-corrected chi connectivity index (χ2v) is 5.67. The van der Waals surface area contributed by atoms with Crippen LogP contribution in [0.2, 0.25) is 0 Å². The zero-order chi connectivity index (χ0) is 15.3. The Morgan fingerprint density at radius 3 is 2.48 bits per heavy atom. The van der Waals surface area contributed by atoms with Gasteiger partial charge in [-0.2, -0.15) is 17.6 Å². The SMILES string of the molecule is O=C1CCC(Cc2cccc3c2OC(F)(F)C3(F)F)CC1. The summed E-state index contributed by atoms with van der Waals surface area (Å²) in [6.45, 7) is 0. The fourth-order valence-corrected chi connectivity index (χ4v) is 2.98. The van der Waals surface area contributed by atoms with E-state index in [2.05, 4.69) is 4.74 Å². The Bertz CT molecular complexity index is 573. The van der Waals surface area contributed by atoms with Crippen LogP contribution in [0.5, 0.6) is 5.75 Å². The van der Waals surface area contributed by atoms with Gasteiger partial charge in [-0.25, -0.2) is 0 Å². The minimum Gasteiger partial charge on any atom is -0.427 e. The molecule has 1 saturated carbocycles. The maximum Gasteiger partial charge on any atom is 0.469 e. The maximum atomic E-state index is 13.6. The minimum atomic E-state index is -4.51. The topological polar surface area (TPSA) is 26.3 Å². The van der Waals surface area contributed by atoms with E-state index in [1.165, 1.54) is 12.1 Å². The van der Waals surface area contributed by atoms with Crippen LogP contribution in [-0.4, -0.2) is 11.9 Å². The van der Waals surface area contributed by atoms with Crippen molar-refractivity contribution in [1.29, 1.82) is 0 Å². The number of alkyl halides is 4. The smallest absolute Gasteiger partial charge is 0.427 e. The zero-order valence-corrected chi connectivity index (χ0v) is 11.2. The number of hydrogen-bond acceptors (Lipinski definition) is 2. The molecular formula is C15H14F4O2. The number of ether oxygens (including phenoxy) is 1. The molecule has 2 nitrogen and oxygen atoms in total. The summed E-state index contributed by atoms with van der Waals surface area (Å²) in [5, 5.41) is 0. The number of para-hydroxylation sites is 1. The number of ketones is 1. The highest BCUT2D eigenvalue weighted by Crippen LogP contribution is 2.54. The van der Waals surface area contributed by atoms with Crippen molar-refractivity contribution >= 4 is 5.78 Å². The lowest BCUT2D eigenvalue weighted by atomic mass is 9.83. The average Bonchev–Trinajstić information content (AvgIpc) is 2.60. The van der Waals surface area contributed by atoms with Gasteiger partial charge in [0.15, 0.2) is 0 Å². The van der Waals surface area contributed by atoms with Crippen molar-refractivity contribution in [3.63, 3.8) is 0 Å². The molecule has 1 fully saturated rings. The molecule has 1 aromatic rings. The highest BCUT2D eigenvalue weighted by Gasteiger charge is 2.66. The van der Waals surface area contributed by atoms with E-state index in [1.807, 2.05) is 0 Å². The summed E-state index contributed by atoms with van der Waals surface area (Å²) in [4.78, 5) is 11.2. The van der Waals surface area contributed by atoms with E-state index in [0.717, 1.165) is 6.07 Å². The Morgan fingerprint density at radius 2 is 1.81 bits per heavy atom. The van der Waals surface area contributed by atoms with Gasteiger partial charge in [0, 0.05) is 12.8 Å². The molecule has 21 heavy (non-hydrogen) atoms. The second kappa shape index (κ2) is 4.71. The predicted octanol–water partition coefficient (Wildman–Crippen LogP) is 4.07. The Labute approximate surface area is 119 Å². The first kappa shape index (κ1) is 14.4. The normalized spacial score (nSPS) is 23.7. The Kier molecular flexibility index (Phi) is 3.22. The number of rotatable bonds is 2. The molecular weight excluding hydrogens is 288 g/mol. The van der Waals surface area contributed by atoms with E-state index in [-0.39, 0.29) is 11.7 Å². The molecule has 114 valence electrons. The maximum absolute atomic E-state index is 13.6. The minimum absolute atomic E-state index is 0.139. The zero-order valence-electron chi connectivity index (χ0n) is 11.2. The van der Waals surface area contributed by atoms with Gasteiger partial charge in [0.05, 0.1) is 5.56 Å². The molecule has 0 bridgehead atoms. The van der Waals surface area contributed by atoms with Gasteiger partial charge in [-0.1, -0.05) is 12.1 Å². The van der Waals surface area contributed by atoms with Gasteiger partial charge in [-0.15, -0.1) is 0 Å². The summed E-state index contributed by atoms with van der Waals surface area (Å²) < 4.78 is 58.1. The lowest BCUT2D eigenvalue weighted by molar-refractivity contribution is -0.296. The van der Waals surface area contributed by atoms with E-state index in [0.29, 0.717) is 37.7 Å². The standard InChI is InChI=1S/C15H14F4O2/c16-14(17)12-3-1-2-10(13(12)21-15(14,18)19)8-9-4-6-11(20)7-5-9/h1-3,9H,4-8H2. The molecule has 3 rings (SSSR count). The van der Waals surface area contributed by atoms with Crippen LogP contribution in [0.3, 0.4) is 0 Å². The summed E-state index contributed by atoms with van der Waals surface area (Å²) in [5.41, 5.74) is -0.388. The summed E-state index contributed by atoms with van der Waals surface area (Å²) in [5.74, 6) is -4.37. The molecule has 1 heterocycles. The van der Waals surface area contributed by atoms with E-state index in [4.69, 9.17) is 0 Å². The summed E-state index contributed by atoms with van der Waals surface area (Å²) in [7, 11) is 0. The first-order valence-electron chi connectivity index (χ1n) is 6.90. The molecule has 1 aliphatic heterocycles. The quantitative estimate of drug-likeness (QED) is 0.770. The largest absolute Gasteiger partial charge is 0.469 e. The van der Waals surface area contributed by atoms with Crippen molar-refractivity contribution in [2.75, 3.05) is 0 Å². The average molecular weight is 302 g/mol. The number of Topliss-reactive ketones (excluding diaryl/α,β-unsaturated/α-hetero) is 1. The predicted molar refractivity (Wildman–Crippen MR) is 66.6 cm³/mol. The van der Waals surface area contributed by atoms with Crippen LogP contribution in [0.1, 0.15) is 36.8 Å². The molecule has 1 aromatic carbocycles. The fourth-order valence-electron chi connectivity index (χ4n) is 2.98. The van der Waals surface area contributed by atoms with Gasteiger partial charge in [0.1, 0.15) is 11.5 Å². The highest BCUT2D eigenvalue weighted by atomic mass is 19.3. The monoisotopic (exact) mass is 302 g/mol. The fraction of sp³-hybridized carbons (Fsp3) is 0.533. The molecule has 0 saturated heterocycles. The second-order valence-electron chi connectivity index (χ2n) is 5.67. The van der Waals surface area contributed by atoms with E-state index >= 15 is 0 Å². The number of fused-ring (bicyclic) bond motifs is 1. The summed E-state index contributed by atoms with van der Waals surface area (Å²) in [6, 6.07) is 3.86. The third-order valence-corrected chi connectivity index (χ3v) is 4.20. The van der Waals surface area contributed by atoms with Gasteiger partial charge in [0.2, 0.25) is 0 Å². The highest BCUT2D eigenvalue weighted by molar-refractivity contribution is 5.79. The number of benzene rings is 1. The molecule has 0 aromatic heterocycles. The molecule has 0 unspecified atom stereocenters. The van der Waals surface area contributed by atoms with Crippen LogP contribution in [-0.2, 0) is 17.1 Å². The van der Waals surface area contributed by atoms with Gasteiger partial charge < -0.3 is 4.74 Å². The van der Waals surface area contributed by atoms with Gasteiger partial charge in [-0.05, 0) is 36.8 Å². The summed E-state index contributed by atoms with van der Waals surface area (Å²) in [6.07, 6.45) is -1.87. The number of carbonyl (C=O) groups is 1. The first-order valence-corrected chi connectivity index (χ1v) is 6.90. The third kappa shape index (κ3) is 2.30. The molecule has 0 radical (unpaired) electrons. The molecule has 2 aliphatic rings. The van der Waals surface area contributed by atoms with Gasteiger partial charge in [0.25, 0.3) is 0 Å². The number of carbonyl (C=O) groups excluding carboxylic acids is 1. The first-order chi connectivity index (χ1) is 9.81. The van der Waals surface area contributed by atoms with Crippen LogP contribution in [0.15, 0.2) is 18.2 Å². The lowest BCUT2D eigenvalue weighted by Crippen LogP contribution is -2.36. The van der Waals surface area contributed by atoms with Gasteiger partial charge >= 0.3 is 12.0 Å². The number of halogens is 4. The van der Waals surface area contributed by atoms with E-state index in [9.17, 15) is 22.4 Å². The van der Waals surface area contributed by atoms with Crippen molar-refractivity contribution in [2.24, 2.45) is 5.92 Å². The van der Waals surface area contributed by atoms with Crippen LogP contribution >= 0.6 is 0 Å². The molecule has 0 atom stereocenters. The van der Waals surface area contributed by atoms with Crippen LogP contribution in [0.25, 0.3) is 0 Å². The number of hydrogen-bond donors (Lipinski definition) is 0. The van der Waals surface area contributed by atoms with Crippen molar-refractivity contribution in [3.05, 3.63) is 29.3 Å². The molecule has 6 heteroatoms. The Hall–Kier alpha value is -1.59. The molecule has 1 aliphatic carbocycles. The lowest BCUT2D eigenvalue weighted by Gasteiger charge is -2.21. The van der Waals surface area contributed by atoms with Crippen molar-refractivity contribution in [1.82, 2.24) is 0 Å². The van der Waals surface area contributed by atoms with E-state index < -0.39 is 23.3 Å². The van der Waals surface area contributed by atoms with Crippen molar-refractivity contribution in [2.45, 2.75) is 44.1 Å². The van der Waals surface area contributed by atoms with E-state index in [1.54, 1.807) is 0 Å². The van der Waals surface area contributed by atoms with Crippen LogP contribution in [0.4, 0.5) is 17.6 Å². The van der Waals surface area contributed by atoms with Gasteiger partial charge in [-0.3, -0.25) is 4.79 Å². The Balaban J connectivity index is 1.87. The molecule has 0 N–H and O–H groups in total. The third-order valence-electron chi connectivity index (χ3n) is 4.20.